The molecule has 0 aromatic heterocycles. The summed E-state index contributed by atoms with van der Waals surface area (Å²) in [6.45, 7) is 5.12. The predicted molar refractivity (Wildman–Crippen MR) is 96.2 cm³/mol. The molecule has 6 nitrogen and oxygen atoms in total. The molecular formula is C17H21ClN2O4S. The van der Waals surface area contributed by atoms with Gasteiger partial charge in [0, 0.05) is 13.1 Å². The Labute approximate surface area is 152 Å². The fourth-order valence-electron chi connectivity index (χ4n) is 3.27. The number of piperidine rings is 1. The lowest BCUT2D eigenvalue weighted by molar-refractivity contribution is -0.119. The Morgan fingerprint density at radius 3 is 2.36 bits per heavy atom. The van der Waals surface area contributed by atoms with Crippen molar-refractivity contribution in [2.75, 3.05) is 23.1 Å². The third-order valence-corrected chi connectivity index (χ3v) is 7.03. The van der Waals surface area contributed by atoms with E-state index in [2.05, 4.69) is 6.92 Å². The highest BCUT2D eigenvalue weighted by atomic mass is 35.5. The number of carbonyl (C=O) groups excluding carboxylic acids is 2. The maximum Gasteiger partial charge on any atom is 0.255 e. The maximum atomic E-state index is 12.6. The van der Waals surface area contributed by atoms with Crippen molar-refractivity contribution in [3.63, 3.8) is 0 Å². The first-order valence-corrected chi connectivity index (χ1v) is 10.3. The van der Waals surface area contributed by atoms with E-state index in [9.17, 15) is 18.0 Å². The minimum atomic E-state index is -3.69. The predicted octanol–water partition coefficient (Wildman–Crippen LogP) is 2.52. The standard InChI is InChI=1S/C17H21ClN2O4S/c1-11-5-7-19(8-6-11)17(22)14-4-3-13(9-15(14)18)20-16(21)12(2)10-25(20,23)24/h3-4,9,11-12H,5-8,10H2,1-2H3/t12-/m1/s1. The van der Waals surface area contributed by atoms with Gasteiger partial charge in [0.2, 0.25) is 15.9 Å². The van der Waals surface area contributed by atoms with Crippen molar-refractivity contribution in [3.05, 3.63) is 28.8 Å². The molecule has 0 bridgehead atoms. The lowest BCUT2D eigenvalue weighted by atomic mass is 9.98. The van der Waals surface area contributed by atoms with Crippen LogP contribution in [-0.4, -0.2) is 44.0 Å². The fraction of sp³-hybridized carbons (Fsp3) is 0.529. The lowest BCUT2D eigenvalue weighted by Gasteiger charge is -2.30. The molecule has 0 N–H and O–H groups in total. The molecule has 136 valence electrons. The number of halogens is 1. The maximum absolute atomic E-state index is 12.6. The van der Waals surface area contributed by atoms with Crippen molar-refractivity contribution >= 4 is 39.1 Å². The van der Waals surface area contributed by atoms with Crippen LogP contribution in [0.15, 0.2) is 18.2 Å². The summed E-state index contributed by atoms with van der Waals surface area (Å²) in [6, 6.07) is 4.36. The first kappa shape index (κ1) is 18.2. The molecule has 2 fully saturated rings. The zero-order chi connectivity index (χ0) is 18.4. The highest BCUT2D eigenvalue weighted by molar-refractivity contribution is 7.94. The van der Waals surface area contributed by atoms with Crippen LogP contribution in [0, 0.1) is 11.8 Å². The van der Waals surface area contributed by atoms with Gasteiger partial charge in [-0.15, -0.1) is 0 Å². The molecule has 25 heavy (non-hydrogen) atoms. The number of carbonyl (C=O) groups is 2. The third kappa shape index (κ3) is 3.40. The SMILES string of the molecule is CC1CCN(C(=O)c2ccc(N3C(=O)[C@H](C)CS3(=O)=O)cc2Cl)CC1. The van der Waals surface area contributed by atoms with E-state index in [-0.39, 0.29) is 22.4 Å². The average Bonchev–Trinajstić information content (AvgIpc) is 2.75. The summed E-state index contributed by atoms with van der Waals surface area (Å²) in [6.07, 6.45) is 1.92. The number of benzene rings is 1. The second-order valence-corrected chi connectivity index (χ2v) is 9.19. The van der Waals surface area contributed by atoms with Gasteiger partial charge in [-0.25, -0.2) is 12.7 Å². The summed E-state index contributed by atoms with van der Waals surface area (Å²) < 4.78 is 25.1. The minimum absolute atomic E-state index is 0.156. The molecule has 2 saturated heterocycles. The summed E-state index contributed by atoms with van der Waals surface area (Å²) in [5.41, 5.74) is 0.514. The number of anilines is 1. The van der Waals surface area contributed by atoms with Gasteiger partial charge in [-0.05, 0) is 37.0 Å². The minimum Gasteiger partial charge on any atom is -0.339 e. The Balaban J connectivity index is 1.86. The second-order valence-electron chi connectivity index (χ2n) is 6.92. The summed E-state index contributed by atoms with van der Waals surface area (Å²) in [7, 11) is -3.69. The molecule has 8 heteroatoms. The van der Waals surface area contributed by atoms with Gasteiger partial charge in [-0.2, -0.15) is 0 Å². The van der Waals surface area contributed by atoms with Crippen LogP contribution < -0.4 is 4.31 Å². The quantitative estimate of drug-likeness (QED) is 0.785. The Kier molecular flexibility index (Phi) is 4.81. The largest absolute Gasteiger partial charge is 0.339 e. The molecule has 0 aliphatic carbocycles. The number of rotatable bonds is 2. The Morgan fingerprint density at radius 1 is 1.20 bits per heavy atom. The Hall–Kier alpha value is -1.60. The van der Waals surface area contributed by atoms with Crippen molar-refractivity contribution < 1.29 is 18.0 Å². The molecule has 2 heterocycles. The fourth-order valence-corrected chi connectivity index (χ4v) is 5.34. The van der Waals surface area contributed by atoms with Gasteiger partial charge in [-0.1, -0.05) is 25.4 Å². The molecule has 0 radical (unpaired) electrons. The molecule has 0 spiro atoms. The van der Waals surface area contributed by atoms with Crippen molar-refractivity contribution in [3.8, 4) is 0 Å². The number of hydrogen-bond acceptors (Lipinski definition) is 4. The third-order valence-electron chi connectivity index (χ3n) is 4.85. The van der Waals surface area contributed by atoms with E-state index < -0.39 is 21.8 Å². The van der Waals surface area contributed by atoms with Gasteiger partial charge in [-0.3, -0.25) is 9.59 Å². The van der Waals surface area contributed by atoms with Crippen LogP contribution in [0.5, 0.6) is 0 Å². The van der Waals surface area contributed by atoms with Gasteiger partial charge in [0.15, 0.2) is 0 Å². The normalized spacial score (nSPS) is 24.0. The average molecular weight is 385 g/mol. The van der Waals surface area contributed by atoms with Crippen LogP contribution >= 0.6 is 11.6 Å². The number of likely N-dealkylation sites (tertiary alicyclic amines) is 1. The number of hydrogen-bond donors (Lipinski definition) is 0. The van der Waals surface area contributed by atoms with Gasteiger partial charge in [0.1, 0.15) is 0 Å². The van der Waals surface area contributed by atoms with Crippen molar-refractivity contribution in [1.29, 1.82) is 0 Å². The van der Waals surface area contributed by atoms with Crippen LogP contribution in [-0.2, 0) is 14.8 Å². The number of amides is 2. The highest BCUT2D eigenvalue weighted by Crippen LogP contribution is 2.32. The van der Waals surface area contributed by atoms with E-state index in [1.54, 1.807) is 11.8 Å². The van der Waals surface area contributed by atoms with Gasteiger partial charge in [0.25, 0.3) is 5.91 Å². The summed E-state index contributed by atoms with van der Waals surface area (Å²) in [5.74, 6) is -0.820. The number of nitrogens with zero attached hydrogens (tertiary/aromatic N) is 2. The molecule has 2 amide bonds. The summed E-state index contributed by atoms with van der Waals surface area (Å²) >= 11 is 6.25. The molecule has 0 unspecified atom stereocenters. The van der Waals surface area contributed by atoms with Crippen molar-refractivity contribution in [1.82, 2.24) is 4.90 Å². The van der Waals surface area contributed by atoms with Crippen LogP contribution in [0.2, 0.25) is 5.02 Å². The van der Waals surface area contributed by atoms with Crippen LogP contribution in [0.3, 0.4) is 0 Å². The van der Waals surface area contributed by atoms with E-state index in [0.717, 1.165) is 17.1 Å². The molecule has 1 aromatic carbocycles. The molecule has 2 aliphatic heterocycles. The molecule has 1 aromatic rings. The Morgan fingerprint density at radius 2 is 1.84 bits per heavy atom. The second kappa shape index (κ2) is 6.61. The topological polar surface area (TPSA) is 74.8 Å². The zero-order valence-electron chi connectivity index (χ0n) is 14.2. The first-order valence-electron chi connectivity index (χ1n) is 8.36. The van der Waals surface area contributed by atoms with E-state index in [1.807, 2.05) is 0 Å². The Bertz CT molecular complexity index is 816. The van der Waals surface area contributed by atoms with Crippen LogP contribution in [0.1, 0.15) is 37.0 Å². The monoisotopic (exact) mass is 384 g/mol. The zero-order valence-corrected chi connectivity index (χ0v) is 15.8. The van der Waals surface area contributed by atoms with Crippen LogP contribution in [0.4, 0.5) is 5.69 Å². The number of sulfonamides is 1. The molecule has 3 rings (SSSR count). The summed E-state index contributed by atoms with van der Waals surface area (Å²) in [5, 5.41) is 0.156. The van der Waals surface area contributed by atoms with E-state index >= 15 is 0 Å². The molecular weight excluding hydrogens is 364 g/mol. The molecule has 1 atom stereocenters. The van der Waals surface area contributed by atoms with Gasteiger partial charge >= 0.3 is 0 Å². The lowest BCUT2D eigenvalue weighted by Crippen LogP contribution is -2.38. The highest BCUT2D eigenvalue weighted by Gasteiger charge is 2.42. The van der Waals surface area contributed by atoms with E-state index in [4.69, 9.17) is 11.6 Å². The van der Waals surface area contributed by atoms with Gasteiger partial charge in [0.05, 0.1) is 27.9 Å². The van der Waals surface area contributed by atoms with E-state index in [1.165, 1.54) is 18.2 Å². The molecule has 2 aliphatic rings. The summed E-state index contributed by atoms with van der Waals surface area (Å²) in [4.78, 5) is 26.6. The molecule has 0 saturated carbocycles. The van der Waals surface area contributed by atoms with E-state index in [0.29, 0.717) is 24.6 Å². The first-order chi connectivity index (χ1) is 11.7. The smallest absolute Gasteiger partial charge is 0.255 e. The van der Waals surface area contributed by atoms with Crippen molar-refractivity contribution in [2.45, 2.75) is 26.7 Å². The van der Waals surface area contributed by atoms with Gasteiger partial charge < -0.3 is 4.90 Å². The van der Waals surface area contributed by atoms with Crippen molar-refractivity contribution in [2.24, 2.45) is 11.8 Å². The van der Waals surface area contributed by atoms with Crippen LogP contribution in [0.25, 0.3) is 0 Å².